The van der Waals surface area contributed by atoms with Crippen molar-refractivity contribution in [3.63, 3.8) is 0 Å². The van der Waals surface area contributed by atoms with E-state index >= 15 is 0 Å². The van der Waals surface area contributed by atoms with E-state index in [4.69, 9.17) is 4.74 Å². The van der Waals surface area contributed by atoms with Gasteiger partial charge in [0.25, 0.3) is 0 Å². The lowest BCUT2D eigenvalue weighted by atomic mass is 9.86. The molecule has 2 aliphatic rings. The van der Waals surface area contributed by atoms with Crippen LogP contribution in [0.25, 0.3) is 0 Å². The first-order valence-electron chi connectivity index (χ1n) is 7.68. The fourth-order valence-corrected chi connectivity index (χ4v) is 3.54. The highest BCUT2D eigenvalue weighted by atomic mass is 16.5. The molecule has 0 aromatic carbocycles. The number of likely N-dealkylation sites (tertiary alicyclic amines) is 1. The van der Waals surface area contributed by atoms with Crippen molar-refractivity contribution in [3.8, 4) is 0 Å². The maximum atomic E-state index is 5.70. The Morgan fingerprint density at radius 3 is 2.78 bits per heavy atom. The molecule has 0 amide bonds. The number of hydrogen-bond acceptors (Lipinski definition) is 3. The fraction of sp³-hybridized carbons (Fsp3) is 1.00. The first-order valence-corrected chi connectivity index (χ1v) is 7.68. The molecule has 2 heterocycles. The van der Waals surface area contributed by atoms with Crippen LogP contribution in [0.4, 0.5) is 0 Å². The van der Waals surface area contributed by atoms with Crippen molar-refractivity contribution in [2.24, 2.45) is 11.3 Å². The smallest absolute Gasteiger partial charge is 0.0547 e. The summed E-state index contributed by atoms with van der Waals surface area (Å²) in [7, 11) is 0. The minimum atomic E-state index is 0.369. The van der Waals surface area contributed by atoms with Crippen molar-refractivity contribution in [1.82, 2.24) is 10.2 Å². The maximum absolute atomic E-state index is 5.70. The van der Waals surface area contributed by atoms with Crippen LogP contribution >= 0.6 is 0 Å². The lowest BCUT2D eigenvalue weighted by Gasteiger charge is -2.34. The van der Waals surface area contributed by atoms with Gasteiger partial charge in [0.15, 0.2) is 0 Å². The first-order chi connectivity index (χ1) is 8.65. The molecule has 3 heteroatoms. The molecular formula is C15H30N2O. The van der Waals surface area contributed by atoms with E-state index in [9.17, 15) is 0 Å². The summed E-state index contributed by atoms with van der Waals surface area (Å²) in [5, 5.41) is 3.61. The second-order valence-electron chi connectivity index (χ2n) is 6.60. The Labute approximate surface area is 112 Å². The second-order valence-corrected chi connectivity index (χ2v) is 6.60. The van der Waals surface area contributed by atoms with Crippen LogP contribution in [0.5, 0.6) is 0 Å². The van der Waals surface area contributed by atoms with E-state index in [0.717, 1.165) is 38.3 Å². The Hall–Kier alpha value is -0.120. The molecule has 1 N–H and O–H groups in total. The molecule has 0 radical (unpaired) electrons. The molecule has 2 aliphatic heterocycles. The van der Waals surface area contributed by atoms with Crippen LogP contribution in [-0.2, 0) is 4.74 Å². The molecule has 0 aromatic heterocycles. The number of ether oxygens (including phenoxy) is 1. The van der Waals surface area contributed by atoms with Crippen LogP contribution in [0.3, 0.4) is 0 Å². The molecule has 0 aromatic rings. The van der Waals surface area contributed by atoms with Crippen LogP contribution in [0, 0.1) is 11.3 Å². The summed E-state index contributed by atoms with van der Waals surface area (Å²) in [5.41, 5.74) is 0.369. The summed E-state index contributed by atoms with van der Waals surface area (Å²) in [6.45, 7) is 13.6. The molecule has 18 heavy (non-hydrogen) atoms. The predicted octanol–water partition coefficient (Wildman–Crippen LogP) is 2.12. The zero-order chi connectivity index (χ0) is 13.0. The minimum Gasteiger partial charge on any atom is -0.381 e. The van der Waals surface area contributed by atoms with Crippen molar-refractivity contribution in [3.05, 3.63) is 0 Å². The molecule has 0 spiro atoms. The number of nitrogens with zero attached hydrogens (tertiary/aromatic N) is 1. The SMILES string of the molecule is CCCNCC1(CN2CC(C)CC2C)CCOC1. The molecular weight excluding hydrogens is 224 g/mol. The van der Waals surface area contributed by atoms with E-state index in [2.05, 4.69) is 31.0 Å². The largest absolute Gasteiger partial charge is 0.381 e. The van der Waals surface area contributed by atoms with Crippen molar-refractivity contribution in [2.45, 2.75) is 46.1 Å². The summed E-state index contributed by atoms with van der Waals surface area (Å²) in [6.07, 6.45) is 3.80. The van der Waals surface area contributed by atoms with E-state index < -0.39 is 0 Å². The van der Waals surface area contributed by atoms with E-state index in [1.54, 1.807) is 0 Å². The Morgan fingerprint density at radius 1 is 1.39 bits per heavy atom. The highest BCUT2D eigenvalue weighted by Gasteiger charge is 2.39. The third kappa shape index (κ3) is 3.46. The van der Waals surface area contributed by atoms with Gasteiger partial charge >= 0.3 is 0 Å². The van der Waals surface area contributed by atoms with Gasteiger partial charge in [0.1, 0.15) is 0 Å². The lowest BCUT2D eigenvalue weighted by Crippen LogP contribution is -2.46. The van der Waals surface area contributed by atoms with Crippen molar-refractivity contribution in [1.29, 1.82) is 0 Å². The second kappa shape index (κ2) is 6.36. The van der Waals surface area contributed by atoms with Crippen molar-refractivity contribution < 1.29 is 4.74 Å². The summed E-state index contributed by atoms with van der Waals surface area (Å²) in [4.78, 5) is 2.69. The summed E-state index contributed by atoms with van der Waals surface area (Å²) in [5.74, 6) is 0.864. The van der Waals surface area contributed by atoms with Gasteiger partial charge in [0.2, 0.25) is 0 Å². The number of hydrogen-bond donors (Lipinski definition) is 1. The monoisotopic (exact) mass is 254 g/mol. The van der Waals surface area contributed by atoms with Gasteiger partial charge in [-0.2, -0.15) is 0 Å². The third-order valence-electron chi connectivity index (χ3n) is 4.56. The average Bonchev–Trinajstić information content (AvgIpc) is 2.88. The summed E-state index contributed by atoms with van der Waals surface area (Å²) >= 11 is 0. The first kappa shape index (κ1) is 14.3. The molecule has 2 saturated heterocycles. The molecule has 106 valence electrons. The topological polar surface area (TPSA) is 24.5 Å². The molecule has 0 saturated carbocycles. The molecule has 2 fully saturated rings. The van der Waals surface area contributed by atoms with E-state index in [-0.39, 0.29) is 0 Å². The molecule has 3 nitrogen and oxygen atoms in total. The number of nitrogens with one attached hydrogen (secondary N) is 1. The van der Waals surface area contributed by atoms with Crippen LogP contribution in [0.1, 0.15) is 40.0 Å². The maximum Gasteiger partial charge on any atom is 0.0547 e. The van der Waals surface area contributed by atoms with E-state index in [1.807, 2.05) is 0 Å². The minimum absolute atomic E-state index is 0.369. The molecule has 0 bridgehead atoms. The van der Waals surface area contributed by atoms with Crippen molar-refractivity contribution in [2.75, 3.05) is 39.4 Å². The van der Waals surface area contributed by atoms with Crippen LogP contribution in [0.15, 0.2) is 0 Å². The molecule has 0 aliphatic carbocycles. The van der Waals surface area contributed by atoms with Crippen LogP contribution in [-0.4, -0.2) is 50.3 Å². The molecule has 2 rings (SSSR count). The predicted molar refractivity (Wildman–Crippen MR) is 75.8 cm³/mol. The van der Waals surface area contributed by atoms with Gasteiger partial charge in [-0.3, -0.25) is 4.90 Å². The van der Waals surface area contributed by atoms with Gasteiger partial charge in [-0.25, -0.2) is 0 Å². The fourth-order valence-electron chi connectivity index (χ4n) is 3.54. The molecule has 3 unspecified atom stereocenters. The summed E-state index contributed by atoms with van der Waals surface area (Å²) in [6, 6.07) is 0.753. The highest BCUT2D eigenvalue weighted by Crippen LogP contribution is 2.33. The van der Waals surface area contributed by atoms with Crippen molar-refractivity contribution >= 4 is 0 Å². The molecule has 3 atom stereocenters. The highest BCUT2D eigenvalue weighted by molar-refractivity contribution is 4.92. The van der Waals surface area contributed by atoms with Gasteiger partial charge in [0, 0.05) is 37.7 Å². The summed E-state index contributed by atoms with van der Waals surface area (Å²) < 4.78 is 5.70. The third-order valence-corrected chi connectivity index (χ3v) is 4.56. The zero-order valence-electron chi connectivity index (χ0n) is 12.4. The lowest BCUT2D eigenvalue weighted by molar-refractivity contribution is 0.104. The van der Waals surface area contributed by atoms with Gasteiger partial charge in [-0.15, -0.1) is 0 Å². The van der Waals surface area contributed by atoms with E-state index in [0.29, 0.717) is 5.41 Å². The Morgan fingerprint density at radius 2 is 2.22 bits per heavy atom. The van der Waals surface area contributed by atoms with Gasteiger partial charge in [-0.05, 0) is 38.6 Å². The van der Waals surface area contributed by atoms with E-state index in [1.165, 1.54) is 32.4 Å². The van der Waals surface area contributed by atoms with Gasteiger partial charge in [0.05, 0.1) is 6.61 Å². The van der Waals surface area contributed by atoms with Crippen LogP contribution in [0.2, 0.25) is 0 Å². The normalized spacial score (nSPS) is 37.5. The standard InChI is InChI=1S/C15H30N2O/c1-4-6-16-10-15(5-7-18-12-15)11-17-9-13(2)8-14(17)3/h13-14,16H,4-12H2,1-3H3. The van der Waals surface area contributed by atoms with Crippen LogP contribution < -0.4 is 5.32 Å². The Bertz CT molecular complexity index is 251. The zero-order valence-corrected chi connectivity index (χ0v) is 12.4. The quantitative estimate of drug-likeness (QED) is 0.735. The Kier molecular flexibility index (Phi) is 5.05. The number of rotatable bonds is 6. The Balaban J connectivity index is 1.89. The van der Waals surface area contributed by atoms with Gasteiger partial charge in [-0.1, -0.05) is 13.8 Å². The average molecular weight is 254 g/mol. The van der Waals surface area contributed by atoms with Gasteiger partial charge < -0.3 is 10.1 Å².